The lowest BCUT2D eigenvalue weighted by Crippen LogP contribution is -2.89. The van der Waals surface area contributed by atoms with Crippen molar-refractivity contribution < 1.29 is 38.4 Å². The Balaban J connectivity index is 1.68. The number of fused-ring (bicyclic) bond motifs is 2. The van der Waals surface area contributed by atoms with Gasteiger partial charge in [0.25, 0.3) is 5.91 Å². The summed E-state index contributed by atoms with van der Waals surface area (Å²) in [4.78, 5) is 44.2. The Labute approximate surface area is 195 Å². The van der Waals surface area contributed by atoms with Crippen molar-refractivity contribution in [1.82, 2.24) is 4.90 Å². The van der Waals surface area contributed by atoms with Gasteiger partial charge in [-0.05, 0) is 49.1 Å². The van der Waals surface area contributed by atoms with Crippen molar-refractivity contribution >= 4 is 23.7 Å². The first-order valence-corrected chi connectivity index (χ1v) is 11.7. The number of carbonyl (C=O) groups is 3. The van der Waals surface area contributed by atoms with Crippen LogP contribution in [-0.4, -0.2) is 79.1 Å². The first-order valence-electron chi connectivity index (χ1n) is 11.7. The van der Waals surface area contributed by atoms with Crippen LogP contribution in [0.1, 0.15) is 37.7 Å². The molecule has 2 amide bonds. The molecular formula is C24H26N2O8. The maximum Gasteiger partial charge on any atom is 0.414 e. The number of anilines is 1. The Morgan fingerprint density at radius 1 is 1.15 bits per heavy atom. The summed E-state index contributed by atoms with van der Waals surface area (Å²) in [6.45, 7) is 0.552. The van der Waals surface area contributed by atoms with Crippen molar-refractivity contribution in [2.24, 2.45) is 5.41 Å². The summed E-state index contributed by atoms with van der Waals surface area (Å²) >= 11 is 0. The van der Waals surface area contributed by atoms with Gasteiger partial charge in [-0.25, -0.2) is 9.59 Å². The molecule has 1 aromatic rings. The summed E-state index contributed by atoms with van der Waals surface area (Å²) in [7, 11) is 4.23. The van der Waals surface area contributed by atoms with Crippen molar-refractivity contribution in [3.8, 4) is 11.5 Å². The van der Waals surface area contributed by atoms with Gasteiger partial charge in [0.1, 0.15) is 5.54 Å². The molecule has 0 aromatic heterocycles. The van der Waals surface area contributed by atoms with E-state index in [1.165, 1.54) is 26.2 Å². The molecule has 8 rings (SSSR count). The van der Waals surface area contributed by atoms with Crippen molar-refractivity contribution in [3.63, 3.8) is 0 Å². The molecule has 1 aromatic carbocycles. The van der Waals surface area contributed by atoms with Crippen LogP contribution >= 0.6 is 0 Å². The number of hydrogen-bond donors (Lipinski definition) is 1. The van der Waals surface area contributed by atoms with Gasteiger partial charge in [-0.1, -0.05) is 6.07 Å². The molecule has 3 aliphatic carbocycles. The minimum atomic E-state index is -2.00. The molecule has 6 fully saturated rings. The van der Waals surface area contributed by atoms with E-state index < -0.39 is 40.1 Å². The van der Waals surface area contributed by atoms with Crippen LogP contribution in [0.25, 0.3) is 0 Å². The van der Waals surface area contributed by atoms with E-state index in [9.17, 15) is 19.5 Å². The van der Waals surface area contributed by atoms with Gasteiger partial charge in [-0.15, -0.1) is 0 Å². The summed E-state index contributed by atoms with van der Waals surface area (Å²) in [5, 5.41) is 12.3. The molecule has 6 atom stereocenters. The number of benzene rings is 1. The highest BCUT2D eigenvalue weighted by molar-refractivity contribution is 6.06. The van der Waals surface area contributed by atoms with Crippen LogP contribution in [0.4, 0.5) is 10.5 Å². The monoisotopic (exact) mass is 470 g/mol. The first kappa shape index (κ1) is 20.4. The van der Waals surface area contributed by atoms with E-state index in [-0.39, 0.29) is 18.4 Å². The lowest BCUT2D eigenvalue weighted by Gasteiger charge is -2.73. The number of aliphatic hydroxyl groups is 1. The standard InChI is InChI=1S/C24H26N2O8/c1-31-13-6-5-12-14(15(13)32-2)26(20(29)33-3)23-9-8-21-7-4-10-25-17(27)16(24(12,23)18(21)25)34-19(28)22(23,30)11-21/h5-6,16,18,30H,4,7-11H2,1-3H3. The van der Waals surface area contributed by atoms with Gasteiger partial charge in [-0.3, -0.25) is 9.69 Å². The molecule has 180 valence electrons. The Morgan fingerprint density at radius 3 is 2.65 bits per heavy atom. The minimum absolute atomic E-state index is 0.128. The van der Waals surface area contributed by atoms with Gasteiger partial charge in [0.15, 0.2) is 23.2 Å². The number of esters is 1. The highest BCUT2D eigenvalue weighted by atomic mass is 16.6. The van der Waals surface area contributed by atoms with Gasteiger partial charge in [-0.2, -0.15) is 0 Å². The molecule has 4 aliphatic heterocycles. The zero-order valence-electron chi connectivity index (χ0n) is 19.3. The lowest BCUT2D eigenvalue weighted by atomic mass is 9.36. The second-order valence-electron chi connectivity index (χ2n) is 10.5. The predicted octanol–water partition coefficient (Wildman–Crippen LogP) is 1.11. The number of piperidine rings is 1. The third-order valence-corrected chi connectivity index (χ3v) is 9.77. The lowest BCUT2D eigenvalue weighted by molar-refractivity contribution is -0.261. The molecule has 3 saturated carbocycles. The fourth-order valence-corrected chi connectivity index (χ4v) is 9.05. The predicted molar refractivity (Wildman–Crippen MR) is 115 cm³/mol. The minimum Gasteiger partial charge on any atom is -0.493 e. The SMILES string of the molecule is COC(=O)N1c2c(ccc(OC)c2OC)C23C4OC(=O)C5(O)CC6(CCCN(C4=O)C62)CCC153. The molecule has 10 nitrogen and oxygen atoms in total. The molecule has 0 radical (unpaired) electrons. The summed E-state index contributed by atoms with van der Waals surface area (Å²) in [5.74, 6) is -0.425. The second kappa shape index (κ2) is 5.79. The molecule has 3 saturated heterocycles. The number of carbonyl (C=O) groups excluding carboxylic acids is 3. The Bertz CT molecular complexity index is 1200. The van der Waals surface area contributed by atoms with E-state index in [0.29, 0.717) is 42.1 Å². The zero-order chi connectivity index (χ0) is 23.8. The second-order valence-corrected chi connectivity index (χ2v) is 10.5. The molecule has 6 unspecified atom stereocenters. The molecule has 3 spiro atoms. The Kier molecular flexibility index (Phi) is 3.47. The number of amides is 2. The van der Waals surface area contributed by atoms with Crippen molar-refractivity contribution in [1.29, 1.82) is 0 Å². The van der Waals surface area contributed by atoms with Crippen molar-refractivity contribution in [3.05, 3.63) is 17.7 Å². The molecule has 34 heavy (non-hydrogen) atoms. The molecule has 4 bridgehead atoms. The summed E-state index contributed by atoms with van der Waals surface area (Å²) in [5.41, 5.74) is -4.03. The average Bonchev–Trinajstić information content (AvgIpc) is 3.27. The number of hydrogen-bond acceptors (Lipinski definition) is 8. The maximum atomic E-state index is 13.8. The number of methoxy groups -OCH3 is 3. The zero-order valence-corrected chi connectivity index (χ0v) is 19.3. The summed E-state index contributed by atoms with van der Waals surface area (Å²) in [6, 6.07) is 3.25. The number of nitrogens with zero attached hydrogens (tertiary/aromatic N) is 2. The third-order valence-electron chi connectivity index (χ3n) is 9.77. The Hall–Kier alpha value is -3.01. The molecule has 4 heterocycles. The third kappa shape index (κ3) is 1.63. The van der Waals surface area contributed by atoms with Gasteiger partial charge >= 0.3 is 12.1 Å². The molecule has 7 aliphatic rings. The summed E-state index contributed by atoms with van der Waals surface area (Å²) in [6.07, 6.45) is 0.851. The van der Waals surface area contributed by atoms with E-state index in [4.69, 9.17) is 18.9 Å². The van der Waals surface area contributed by atoms with Crippen molar-refractivity contribution in [2.75, 3.05) is 32.8 Å². The van der Waals surface area contributed by atoms with Gasteiger partial charge in [0.05, 0.1) is 38.5 Å². The van der Waals surface area contributed by atoms with E-state index in [1.54, 1.807) is 6.07 Å². The maximum absolute atomic E-state index is 13.8. The highest BCUT2D eigenvalue weighted by Gasteiger charge is 2.93. The molecular weight excluding hydrogens is 444 g/mol. The van der Waals surface area contributed by atoms with Gasteiger partial charge in [0, 0.05) is 6.54 Å². The molecule has 1 N–H and O–H groups in total. The van der Waals surface area contributed by atoms with E-state index in [0.717, 1.165) is 12.8 Å². The normalized spacial score (nSPS) is 42.2. The van der Waals surface area contributed by atoms with Gasteiger partial charge in [0.2, 0.25) is 0 Å². The van der Waals surface area contributed by atoms with E-state index in [2.05, 4.69) is 0 Å². The fraction of sp³-hybridized carbons (Fsp3) is 0.625. The quantitative estimate of drug-likeness (QED) is 0.640. The van der Waals surface area contributed by atoms with Gasteiger partial charge < -0.3 is 29.0 Å². The topological polar surface area (TPSA) is 115 Å². The molecule has 10 heteroatoms. The fourth-order valence-electron chi connectivity index (χ4n) is 9.05. The number of rotatable bonds is 2. The highest BCUT2D eigenvalue weighted by Crippen LogP contribution is 2.79. The van der Waals surface area contributed by atoms with Crippen molar-refractivity contribution in [2.45, 2.75) is 60.8 Å². The van der Waals surface area contributed by atoms with Crippen LogP contribution in [0.15, 0.2) is 12.1 Å². The summed E-state index contributed by atoms with van der Waals surface area (Å²) < 4.78 is 22.4. The Morgan fingerprint density at radius 2 is 1.94 bits per heavy atom. The smallest absolute Gasteiger partial charge is 0.414 e. The average molecular weight is 470 g/mol. The van der Waals surface area contributed by atoms with Crippen LogP contribution < -0.4 is 14.4 Å². The first-order chi connectivity index (χ1) is 16.3. The van der Waals surface area contributed by atoms with Crippen LogP contribution in [-0.2, 0) is 24.5 Å². The van der Waals surface area contributed by atoms with Crippen LogP contribution in [0.3, 0.4) is 0 Å². The van der Waals surface area contributed by atoms with Crippen LogP contribution in [0.5, 0.6) is 11.5 Å². The number of ether oxygens (including phenoxy) is 4. The van der Waals surface area contributed by atoms with E-state index >= 15 is 0 Å². The van der Waals surface area contributed by atoms with E-state index in [1.807, 2.05) is 11.0 Å². The van der Waals surface area contributed by atoms with Crippen LogP contribution in [0, 0.1) is 5.41 Å². The van der Waals surface area contributed by atoms with Crippen LogP contribution in [0.2, 0.25) is 0 Å². The largest absolute Gasteiger partial charge is 0.493 e.